The normalized spacial score (nSPS) is 13.3. The number of aromatic nitrogens is 3. The van der Waals surface area contributed by atoms with Crippen molar-refractivity contribution >= 4 is 27.8 Å². The summed E-state index contributed by atoms with van der Waals surface area (Å²) in [6.45, 7) is 4.25. The van der Waals surface area contributed by atoms with Gasteiger partial charge in [0.2, 0.25) is 0 Å². The second-order valence-electron chi connectivity index (χ2n) is 7.42. The van der Waals surface area contributed by atoms with E-state index in [-0.39, 0.29) is 12.0 Å². The number of unbranched alkanes of at least 4 members (excludes halogenated alkanes) is 1. The highest BCUT2D eigenvalue weighted by molar-refractivity contribution is 6.06. The monoisotopic (exact) mass is 383 g/mol. The van der Waals surface area contributed by atoms with Gasteiger partial charge in [0.15, 0.2) is 5.82 Å². The molecule has 5 nitrogen and oxygen atoms in total. The van der Waals surface area contributed by atoms with Crippen molar-refractivity contribution in [2.24, 2.45) is 0 Å². The van der Waals surface area contributed by atoms with Crippen LogP contribution in [0.4, 0.5) is 5.82 Å². The Labute approximate surface area is 170 Å². The lowest BCUT2D eigenvalue weighted by Gasteiger charge is -2.16. The molecule has 0 saturated carbocycles. The number of fused-ring (bicyclic) bond motifs is 3. The molecule has 2 atom stereocenters. The molecule has 0 aliphatic heterocycles. The Balaban J connectivity index is 1.81. The van der Waals surface area contributed by atoms with Crippen LogP contribution in [-0.4, -0.2) is 15.0 Å². The third-order valence-electron chi connectivity index (χ3n) is 5.34. The van der Waals surface area contributed by atoms with Crippen molar-refractivity contribution in [3.63, 3.8) is 0 Å². The van der Waals surface area contributed by atoms with Crippen LogP contribution in [0.15, 0.2) is 54.6 Å². The fraction of sp³-hybridized carbons (Fsp3) is 0.292. The minimum absolute atomic E-state index is 0.0834. The summed E-state index contributed by atoms with van der Waals surface area (Å²) in [5.41, 5.74) is 3.81. The fourth-order valence-corrected chi connectivity index (χ4v) is 3.68. The molecule has 4 aromatic rings. The highest BCUT2D eigenvalue weighted by Crippen LogP contribution is 2.32. The summed E-state index contributed by atoms with van der Waals surface area (Å²) >= 11 is 0. The standard InChI is InChI=1S/C24H25N5/c1-3-4-10-18(15-25)23-28-21-19-13-8-9-14-20(19)27-24(22(21)29-23)26-16(2)17-11-6-5-7-12-17/h5-9,11-14,16,18H,3-4,10H2,1-2H3,(H,26,27)(H,28,29). The molecule has 0 aliphatic carbocycles. The fourth-order valence-electron chi connectivity index (χ4n) is 3.68. The first-order valence-electron chi connectivity index (χ1n) is 10.2. The van der Waals surface area contributed by atoms with Gasteiger partial charge in [-0.2, -0.15) is 5.26 Å². The molecule has 2 aromatic heterocycles. The van der Waals surface area contributed by atoms with E-state index >= 15 is 0 Å². The van der Waals surface area contributed by atoms with Crippen molar-refractivity contribution in [1.29, 1.82) is 5.26 Å². The van der Waals surface area contributed by atoms with Crippen molar-refractivity contribution in [1.82, 2.24) is 15.0 Å². The van der Waals surface area contributed by atoms with Crippen molar-refractivity contribution in [2.45, 2.75) is 45.1 Å². The predicted octanol–water partition coefficient (Wildman–Crippen LogP) is 6.08. The van der Waals surface area contributed by atoms with E-state index in [1.165, 1.54) is 5.56 Å². The minimum Gasteiger partial charge on any atom is -0.362 e. The molecule has 5 heteroatoms. The topological polar surface area (TPSA) is 77.4 Å². The molecule has 0 amide bonds. The van der Waals surface area contributed by atoms with E-state index in [4.69, 9.17) is 9.97 Å². The Hall–Kier alpha value is -3.39. The van der Waals surface area contributed by atoms with Crippen LogP contribution in [0.5, 0.6) is 0 Å². The molecule has 146 valence electrons. The highest BCUT2D eigenvalue weighted by atomic mass is 15.1. The molecular formula is C24H25N5. The van der Waals surface area contributed by atoms with E-state index in [1.54, 1.807) is 0 Å². The number of para-hydroxylation sites is 1. The Kier molecular flexibility index (Phi) is 5.44. The highest BCUT2D eigenvalue weighted by Gasteiger charge is 2.20. The molecule has 0 spiro atoms. The molecule has 0 bridgehead atoms. The third kappa shape index (κ3) is 3.79. The summed E-state index contributed by atoms with van der Waals surface area (Å²) in [6, 6.07) is 20.8. The van der Waals surface area contributed by atoms with Gasteiger partial charge >= 0.3 is 0 Å². The zero-order valence-electron chi connectivity index (χ0n) is 16.8. The van der Waals surface area contributed by atoms with Gasteiger partial charge in [-0.3, -0.25) is 0 Å². The summed E-state index contributed by atoms with van der Waals surface area (Å²) in [7, 11) is 0. The largest absolute Gasteiger partial charge is 0.362 e. The average molecular weight is 383 g/mol. The van der Waals surface area contributed by atoms with E-state index in [1.807, 2.05) is 42.5 Å². The Morgan fingerprint density at radius 3 is 2.59 bits per heavy atom. The van der Waals surface area contributed by atoms with Gasteiger partial charge < -0.3 is 10.3 Å². The van der Waals surface area contributed by atoms with Crippen molar-refractivity contribution in [3.8, 4) is 6.07 Å². The first-order valence-corrected chi connectivity index (χ1v) is 10.2. The Morgan fingerprint density at radius 2 is 1.83 bits per heavy atom. The van der Waals surface area contributed by atoms with Crippen LogP contribution in [0, 0.1) is 11.3 Å². The Morgan fingerprint density at radius 1 is 1.07 bits per heavy atom. The third-order valence-corrected chi connectivity index (χ3v) is 5.34. The lowest BCUT2D eigenvalue weighted by atomic mass is 10.0. The predicted molar refractivity (Wildman–Crippen MR) is 118 cm³/mol. The number of aromatic amines is 1. The molecular weight excluding hydrogens is 358 g/mol. The molecule has 0 radical (unpaired) electrons. The van der Waals surface area contributed by atoms with E-state index in [9.17, 15) is 5.26 Å². The van der Waals surface area contributed by atoms with Gasteiger partial charge in [0.25, 0.3) is 0 Å². The van der Waals surface area contributed by atoms with Crippen LogP contribution >= 0.6 is 0 Å². The quantitative estimate of drug-likeness (QED) is 0.405. The number of nitrogens with one attached hydrogen (secondary N) is 2. The van der Waals surface area contributed by atoms with Crippen LogP contribution in [0.25, 0.3) is 21.9 Å². The Bertz CT molecular complexity index is 1160. The SMILES string of the molecule is CCCCC(C#N)c1nc2c(NC(C)c3ccccc3)nc3ccccc3c2[nH]1. The van der Waals surface area contributed by atoms with Crippen LogP contribution in [-0.2, 0) is 0 Å². The molecule has 2 aromatic carbocycles. The van der Waals surface area contributed by atoms with Crippen LogP contribution < -0.4 is 5.32 Å². The van der Waals surface area contributed by atoms with E-state index < -0.39 is 0 Å². The summed E-state index contributed by atoms with van der Waals surface area (Å²) < 4.78 is 0. The van der Waals surface area contributed by atoms with Gasteiger partial charge in [-0.1, -0.05) is 68.3 Å². The molecule has 0 aliphatic rings. The maximum Gasteiger partial charge on any atom is 0.155 e. The van der Waals surface area contributed by atoms with Gasteiger partial charge in [0.05, 0.1) is 23.1 Å². The smallest absolute Gasteiger partial charge is 0.155 e. The van der Waals surface area contributed by atoms with Gasteiger partial charge in [-0.15, -0.1) is 0 Å². The van der Waals surface area contributed by atoms with Crippen LogP contribution in [0.1, 0.15) is 56.5 Å². The molecule has 29 heavy (non-hydrogen) atoms. The first kappa shape index (κ1) is 18.9. The maximum atomic E-state index is 9.67. The van der Waals surface area contributed by atoms with Crippen molar-refractivity contribution < 1.29 is 0 Å². The zero-order chi connectivity index (χ0) is 20.2. The molecule has 2 N–H and O–H groups in total. The second kappa shape index (κ2) is 8.32. The number of imidazole rings is 1. The lowest BCUT2D eigenvalue weighted by Crippen LogP contribution is -2.08. The summed E-state index contributed by atoms with van der Waals surface area (Å²) in [5.74, 6) is 1.23. The van der Waals surface area contributed by atoms with Crippen molar-refractivity contribution in [3.05, 3.63) is 66.0 Å². The number of benzene rings is 2. The average Bonchev–Trinajstić information content (AvgIpc) is 3.21. The van der Waals surface area contributed by atoms with E-state index in [0.717, 1.165) is 52.8 Å². The summed E-state index contributed by atoms with van der Waals surface area (Å²) in [5, 5.41) is 14.2. The number of rotatable bonds is 7. The molecule has 2 heterocycles. The van der Waals surface area contributed by atoms with E-state index in [2.05, 4.69) is 42.4 Å². The van der Waals surface area contributed by atoms with Crippen molar-refractivity contribution in [2.75, 3.05) is 5.32 Å². The number of pyridine rings is 1. The van der Waals surface area contributed by atoms with Crippen LogP contribution in [0.2, 0.25) is 0 Å². The lowest BCUT2D eigenvalue weighted by molar-refractivity contribution is 0.651. The maximum absolute atomic E-state index is 9.67. The van der Waals surface area contributed by atoms with E-state index in [0.29, 0.717) is 0 Å². The molecule has 2 unspecified atom stereocenters. The number of anilines is 1. The minimum atomic E-state index is -0.236. The number of hydrogen-bond donors (Lipinski definition) is 2. The van der Waals surface area contributed by atoms with Gasteiger partial charge in [0.1, 0.15) is 17.3 Å². The number of hydrogen-bond acceptors (Lipinski definition) is 4. The van der Waals surface area contributed by atoms with Gasteiger partial charge in [-0.25, -0.2) is 9.97 Å². The summed E-state index contributed by atoms with van der Waals surface area (Å²) in [6.07, 6.45) is 2.87. The molecule has 4 rings (SSSR count). The number of H-pyrrole nitrogens is 1. The van der Waals surface area contributed by atoms with Gasteiger partial charge in [-0.05, 0) is 25.0 Å². The van der Waals surface area contributed by atoms with Gasteiger partial charge in [0, 0.05) is 5.39 Å². The molecule has 0 fully saturated rings. The number of nitriles is 1. The second-order valence-corrected chi connectivity index (χ2v) is 7.42. The first-order chi connectivity index (χ1) is 14.2. The van der Waals surface area contributed by atoms with Crippen LogP contribution in [0.3, 0.4) is 0 Å². The summed E-state index contributed by atoms with van der Waals surface area (Å²) in [4.78, 5) is 13.1. The zero-order valence-corrected chi connectivity index (χ0v) is 16.8. The molecule has 0 saturated heterocycles. The number of nitrogens with zero attached hydrogens (tertiary/aromatic N) is 3.